The first-order valence-corrected chi connectivity index (χ1v) is 7.41. The summed E-state index contributed by atoms with van der Waals surface area (Å²) in [6, 6.07) is 9.80. The highest BCUT2D eigenvalue weighted by Gasteiger charge is 2.14. The predicted octanol–water partition coefficient (Wildman–Crippen LogP) is 2.51. The van der Waals surface area contributed by atoms with Gasteiger partial charge in [-0.05, 0) is 32.0 Å². The average Bonchev–Trinajstić information content (AvgIpc) is 2.39. The lowest BCUT2D eigenvalue weighted by molar-refractivity contribution is -0.116. The molecule has 1 aromatic carbocycles. The minimum absolute atomic E-state index is 0.164. The van der Waals surface area contributed by atoms with Crippen LogP contribution in [0.3, 0.4) is 0 Å². The van der Waals surface area contributed by atoms with Crippen LogP contribution in [-0.2, 0) is 4.79 Å². The molecule has 0 heterocycles. The Morgan fingerprint density at radius 2 is 2.06 bits per heavy atom. The summed E-state index contributed by atoms with van der Waals surface area (Å²) in [5.74, 6) is 0.682. The molecule has 0 saturated carbocycles. The van der Waals surface area contributed by atoms with Crippen molar-refractivity contribution in [1.29, 1.82) is 0 Å². The topological polar surface area (TPSA) is 46.3 Å². The molecule has 0 fully saturated rings. The second kappa shape index (κ2) is 8.16. The molecule has 100 valence electrons. The van der Waals surface area contributed by atoms with Gasteiger partial charge in [-0.1, -0.05) is 25.1 Å². The average molecular weight is 266 g/mol. The van der Waals surface area contributed by atoms with E-state index in [2.05, 4.69) is 6.92 Å². The van der Waals surface area contributed by atoms with E-state index in [4.69, 9.17) is 5.73 Å². The standard InChI is InChI=1S/C14H22N2OS/c1-3-16(13-7-5-4-6-8-13)14(17)11-18-12(2)9-10-15/h4-8,12H,3,9-11,15H2,1-2H3. The number of para-hydroxylation sites is 1. The molecular weight excluding hydrogens is 244 g/mol. The number of amides is 1. The summed E-state index contributed by atoms with van der Waals surface area (Å²) >= 11 is 1.68. The highest BCUT2D eigenvalue weighted by molar-refractivity contribution is 8.00. The molecule has 0 radical (unpaired) electrons. The number of anilines is 1. The van der Waals surface area contributed by atoms with Crippen molar-refractivity contribution in [3.8, 4) is 0 Å². The predicted molar refractivity (Wildman–Crippen MR) is 80.1 cm³/mol. The van der Waals surface area contributed by atoms with Gasteiger partial charge in [-0.15, -0.1) is 11.8 Å². The zero-order valence-corrected chi connectivity index (χ0v) is 12.0. The third-order valence-electron chi connectivity index (χ3n) is 2.75. The first-order chi connectivity index (χ1) is 8.69. The number of nitrogens with zero attached hydrogens (tertiary/aromatic N) is 1. The molecule has 0 aliphatic heterocycles. The molecule has 1 atom stereocenters. The Kier molecular flexibility index (Phi) is 6.83. The first-order valence-electron chi connectivity index (χ1n) is 6.36. The van der Waals surface area contributed by atoms with Crippen LogP contribution in [0.4, 0.5) is 5.69 Å². The van der Waals surface area contributed by atoms with Crippen molar-refractivity contribution in [3.63, 3.8) is 0 Å². The van der Waals surface area contributed by atoms with Crippen LogP contribution in [-0.4, -0.2) is 30.0 Å². The van der Waals surface area contributed by atoms with Crippen molar-refractivity contribution >= 4 is 23.4 Å². The number of rotatable bonds is 7. The Hall–Kier alpha value is -1.00. The summed E-state index contributed by atoms with van der Waals surface area (Å²) < 4.78 is 0. The Morgan fingerprint density at radius 1 is 1.39 bits per heavy atom. The van der Waals surface area contributed by atoms with Crippen molar-refractivity contribution in [3.05, 3.63) is 30.3 Å². The quantitative estimate of drug-likeness (QED) is 0.825. The molecule has 1 aromatic rings. The number of carbonyl (C=O) groups excluding carboxylic acids is 1. The lowest BCUT2D eigenvalue weighted by atomic mass is 10.3. The minimum Gasteiger partial charge on any atom is -0.330 e. The molecule has 1 amide bonds. The highest BCUT2D eigenvalue weighted by Crippen LogP contribution is 2.18. The van der Waals surface area contributed by atoms with Crippen LogP contribution in [0.1, 0.15) is 20.3 Å². The van der Waals surface area contributed by atoms with E-state index in [1.54, 1.807) is 11.8 Å². The Balaban J connectivity index is 2.53. The van der Waals surface area contributed by atoms with E-state index in [1.807, 2.05) is 42.2 Å². The molecular formula is C14H22N2OS. The normalized spacial score (nSPS) is 12.2. The van der Waals surface area contributed by atoms with E-state index in [0.29, 0.717) is 24.1 Å². The van der Waals surface area contributed by atoms with Gasteiger partial charge in [-0.3, -0.25) is 4.79 Å². The summed E-state index contributed by atoms with van der Waals surface area (Å²) in [7, 11) is 0. The first kappa shape index (κ1) is 15.1. The third-order valence-corrected chi connectivity index (χ3v) is 3.97. The van der Waals surface area contributed by atoms with Crippen LogP contribution in [0.2, 0.25) is 0 Å². The number of hydrogen-bond donors (Lipinski definition) is 1. The van der Waals surface area contributed by atoms with Gasteiger partial charge in [0.15, 0.2) is 0 Å². The number of hydrogen-bond acceptors (Lipinski definition) is 3. The maximum Gasteiger partial charge on any atom is 0.236 e. The maximum absolute atomic E-state index is 12.2. The van der Waals surface area contributed by atoms with E-state index in [9.17, 15) is 4.79 Å². The number of nitrogens with two attached hydrogens (primary N) is 1. The molecule has 3 nitrogen and oxygen atoms in total. The van der Waals surface area contributed by atoms with Crippen molar-refractivity contribution < 1.29 is 4.79 Å². The SMILES string of the molecule is CCN(C(=O)CSC(C)CCN)c1ccccc1. The molecule has 4 heteroatoms. The smallest absolute Gasteiger partial charge is 0.236 e. The second-order valence-corrected chi connectivity index (χ2v) is 5.60. The summed E-state index contributed by atoms with van der Waals surface area (Å²) in [6.45, 7) is 5.50. The van der Waals surface area contributed by atoms with Gasteiger partial charge >= 0.3 is 0 Å². The van der Waals surface area contributed by atoms with E-state index < -0.39 is 0 Å². The molecule has 0 saturated heterocycles. The molecule has 1 rings (SSSR count). The van der Waals surface area contributed by atoms with Gasteiger partial charge < -0.3 is 10.6 Å². The molecule has 0 aliphatic rings. The summed E-state index contributed by atoms with van der Waals surface area (Å²) in [6.07, 6.45) is 0.954. The van der Waals surface area contributed by atoms with Crippen molar-refractivity contribution in [2.45, 2.75) is 25.5 Å². The largest absolute Gasteiger partial charge is 0.330 e. The number of benzene rings is 1. The van der Waals surface area contributed by atoms with E-state index in [0.717, 1.165) is 12.1 Å². The van der Waals surface area contributed by atoms with Crippen LogP contribution in [0.15, 0.2) is 30.3 Å². The van der Waals surface area contributed by atoms with Crippen LogP contribution in [0.5, 0.6) is 0 Å². The zero-order valence-electron chi connectivity index (χ0n) is 11.1. The van der Waals surface area contributed by atoms with Crippen molar-refractivity contribution in [2.75, 3.05) is 23.7 Å². The lowest BCUT2D eigenvalue weighted by Crippen LogP contribution is -2.32. The van der Waals surface area contributed by atoms with Crippen LogP contribution < -0.4 is 10.6 Å². The fourth-order valence-electron chi connectivity index (χ4n) is 1.72. The van der Waals surface area contributed by atoms with Crippen LogP contribution in [0.25, 0.3) is 0 Å². The summed E-state index contributed by atoms with van der Waals surface area (Å²) in [5.41, 5.74) is 6.47. The van der Waals surface area contributed by atoms with Crippen molar-refractivity contribution in [1.82, 2.24) is 0 Å². The van der Waals surface area contributed by atoms with Gasteiger partial charge in [-0.25, -0.2) is 0 Å². The van der Waals surface area contributed by atoms with Gasteiger partial charge in [0.2, 0.25) is 5.91 Å². The molecule has 0 aromatic heterocycles. The molecule has 18 heavy (non-hydrogen) atoms. The van der Waals surface area contributed by atoms with E-state index in [1.165, 1.54) is 0 Å². The minimum atomic E-state index is 0.164. The fraction of sp³-hybridized carbons (Fsp3) is 0.500. The van der Waals surface area contributed by atoms with Gasteiger partial charge in [0.05, 0.1) is 5.75 Å². The highest BCUT2D eigenvalue weighted by atomic mass is 32.2. The van der Waals surface area contributed by atoms with Gasteiger partial charge in [-0.2, -0.15) is 0 Å². The molecule has 0 bridgehead atoms. The lowest BCUT2D eigenvalue weighted by Gasteiger charge is -2.21. The second-order valence-electron chi connectivity index (χ2n) is 4.17. The molecule has 1 unspecified atom stereocenters. The van der Waals surface area contributed by atoms with Crippen molar-refractivity contribution in [2.24, 2.45) is 5.73 Å². The maximum atomic E-state index is 12.2. The third kappa shape index (κ3) is 4.70. The summed E-state index contributed by atoms with van der Waals surface area (Å²) in [5, 5.41) is 0.438. The number of thioether (sulfide) groups is 1. The fourth-order valence-corrected chi connectivity index (χ4v) is 2.61. The van der Waals surface area contributed by atoms with Crippen LogP contribution in [0, 0.1) is 0 Å². The monoisotopic (exact) mass is 266 g/mol. The Bertz CT molecular complexity index is 356. The van der Waals surface area contributed by atoms with E-state index >= 15 is 0 Å². The van der Waals surface area contributed by atoms with Gasteiger partial charge in [0.25, 0.3) is 0 Å². The Morgan fingerprint density at radius 3 is 2.61 bits per heavy atom. The zero-order chi connectivity index (χ0) is 13.4. The van der Waals surface area contributed by atoms with Crippen LogP contribution >= 0.6 is 11.8 Å². The molecule has 0 spiro atoms. The summed E-state index contributed by atoms with van der Waals surface area (Å²) in [4.78, 5) is 14.0. The van der Waals surface area contributed by atoms with E-state index in [-0.39, 0.29) is 5.91 Å². The van der Waals surface area contributed by atoms with Gasteiger partial charge in [0.1, 0.15) is 0 Å². The molecule has 0 aliphatic carbocycles. The van der Waals surface area contributed by atoms with Gasteiger partial charge in [0, 0.05) is 17.5 Å². The molecule has 2 N–H and O–H groups in total. The Labute approximate surface area is 114 Å². The number of carbonyl (C=O) groups is 1.